The molecule has 0 aliphatic heterocycles. The molecule has 2 aliphatic rings. The fourth-order valence-electron chi connectivity index (χ4n) is 5.29. The van der Waals surface area contributed by atoms with Crippen LogP contribution in [-0.2, 0) is 25.8 Å². The van der Waals surface area contributed by atoms with Gasteiger partial charge in [0.05, 0.1) is 0 Å². The van der Waals surface area contributed by atoms with Crippen molar-refractivity contribution < 1.29 is 50.7 Å². The van der Waals surface area contributed by atoms with Crippen molar-refractivity contribution in [1.29, 1.82) is 0 Å². The predicted molar refractivity (Wildman–Crippen MR) is 112 cm³/mol. The third kappa shape index (κ3) is 4.58. The molecule has 0 bridgehead atoms. The summed E-state index contributed by atoms with van der Waals surface area (Å²) in [7, 11) is 0. The van der Waals surface area contributed by atoms with Crippen molar-refractivity contribution in [2.24, 2.45) is 5.41 Å². The van der Waals surface area contributed by atoms with E-state index >= 15 is 0 Å². The molecular weight excluding hydrogens is 562 g/mol. The normalized spacial score (nSPS) is 15.7. The predicted octanol–water partition coefficient (Wildman–Crippen LogP) is 1.44. The molecule has 0 radical (unpaired) electrons. The van der Waals surface area contributed by atoms with Gasteiger partial charge >= 0.3 is 25.8 Å². The van der Waals surface area contributed by atoms with Gasteiger partial charge in [0.2, 0.25) is 0 Å². The maximum atomic E-state index is 4.03. The largest absolute Gasteiger partial charge is 2.00 e. The zero-order valence-electron chi connectivity index (χ0n) is 17.0. The molecule has 4 rings (SSSR count). The molecule has 29 heavy (non-hydrogen) atoms. The van der Waals surface area contributed by atoms with Crippen molar-refractivity contribution in [2.75, 3.05) is 0 Å². The Kier molecular flexibility index (Phi) is 10.4. The summed E-state index contributed by atoms with van der Waals surface area (Å²) >= 11 is 0. The number of halogens is 2. The maximum absolute atomic E-state index is 4.03. The van der Waals surface area contributed by atoms with Crippen LogP contribution >= 0.6 is 0 Å². The van der Waals surface area contributed by atoms with Gasteiger partial charge in [-0.05, 0) is 47.9 Å². The van der Waals surface area contributed by atoms with Crippen molar-refractivity contribution in [3.63, 3.8) is 0 Å². The van der Waals surface area contributed by atoms with Gasteiger partial charge in [-0.3, -0.25) is 0 Å². The van der Waals surface area contributed by atoms with Crippen LogP contribution in [0.3, 0.4) is 0 Å². The number of rotatable bonds is 7. The van der Waals surface area contributed by atoms with Gasteiger partial charge in [-0.15, -0.1) is 6.58 Å². The Morgan fingerprint density at radius 1 is 0.966 bits per heavy atom. The van der Waals surface area contributed by atoms with Gasteiger partial charge in [-0.2, -0.15) is 0 Å². The Morgan fingerprint density at radius 3 is 2.03 bits per heavy atom. The summed E-state index contributed by atoms with van der Waals surface area (Å²) in [6, 6.07) is 18.1. The Bertz CT molecular complexity index is 838. The SMILES string of the molecule is C=CCCC(CCC)(C1=CC=CC1)C1c2ccccc2-c2ccccc21.[Cl-].[Cl-].[Hf+2]. The van der Waals surface area contributed by atoms with E-state index in [0.717, 1.165) is 12.8 Å². The van der Waals surface area contributed by atoms with E-state index in [1.54, 1.807) is 5.57 Å². The van der Waals surface area contributed by atoms with Crippen molar-refractivity contribution in [3.05, 3.63) is 96.1 Å². The zero-order valence-corrected chi connectivity index (χ0v) is 22.1. The molecule has 0 heterocycles. The fourth-order valence-corrected chi connectivity index (χ4v) is 5.29. The molecule has 3 heteroatoms. The topological polar surface area (TPSA) is 0 Å². The molecule has 0 spiro atoms. The third-order valence-electron chi connectivity index (χ3n) is 6.29. The molecule has 0 fully saturated rings. The summed E-state index contributed by atoms with van der Waals surface area (Å²) < 4.78 is 0. The first kappa shape index (κ1) is 26.1. The quantitative estimate of drug-likeness (QED) is 0.339. The van der Waals surface area contributed by atoms with Gasteiger partial charge in [0.15, 0.2) is 0 Å². The van der Waals surface area contributed by atoms with Crippen LogP contribution in [0, 0.1) is 5.41 Å². The van der Waals surface area contributed by atoms with Gasteiger partial charge < -0.3 is 24.8 Å². The molecule has 1 unspecified atom stereocenters. The Balaban J connectivity index is 0.00000140. The molecule has 0 saturated heterocycles. The molecule has 0 nitrogen and oxygen atoms in total. The molecule has 2 aromatic rings. The first-order valence-electron chi connectivity index (χ1n) is 9.97. The molecule has 1 atom stereocenters. The van der Waals surface area contributed by atoms with E-state index in [-0.39, 0.29) is 56.1 Å². The number of hydrogen-bond donors (Lipinski definition) is 0. The van der Waals surface area contributed by atoms with E-state index in [1.807, 2.05) is 0 Å². The van der Waals surface area contributed by atoms with Gasteiger partial charge in [0, 0.05) is 11.3 Å². The maximum Gasteiger partial charge on any atom is 2.00 e. The average Bonchev–Trinajstić information content (AvgIpc) is 3.32. The molecule has 0 N–H and O–H groups in total. The fraction of sp³-hybridized carbons (Fsp3) is 0.308. The second-order valence-corrected chi connectivity index (χ2v) is 7.67. The van der Waals surface area contributed by atoms with Crippen molar-refractivity contribution >= 4 is 0 Å². The summed E-state index contributed by atoms with van der Waals surface area (Å²) in [4.78, 5) is 0. The smallest absolute Gasteiger partial charge is 1.00 e. The van der Waals surface area contributed by atoms with E-state index in [4.69, 9.17) is 0 Å². The first-order valence-corrected chi connectivity index (χ1v) is 9.97. The number of allylic oxidation sites excluding steroid dienone is 5. The molecule has 2 aliphatic carbocycles. The molecule has 150 valence electrons. The summed E-state index contributed by atoms with van der Waals surface area (Å²) in [6.07, 6.45) is 14.8. The standard InChI is InChI=1S/C26H28.2ClH.Hf/c1-3-5-19-26(18-4-2,20-12-6-7-13-20)25-23-16-10-8-14-21(23)22-15-9-11-17-24(22)25;;;/h3,6-12,14-17,25H,1,4-5,13,18-19H2,2H3;2*1H;/q;;;+2/p-2. The Morgan fingerprint density at radius 2 is 1.55 bits per heavy atom. The monoisotopic (exact) mass is 590 g/mol. The minimum absolute atomic E-state index is 0. The van der Waals surface area contributed by atoms with Crippen molar-refractivity contribution in [2.45, 2.75) is 44.9 Å². The minimum atomic E-state index is 0. The molecule has 2 aromatic carbocycles. The van der Waals surface area contributed by atoms with Crippen LogP contribution in [0.25, 0.3) is 11.1 Å². The van der Waals surface area contributed by atoms with Crippen LogP contribution in [0.5, 0.6) is 0 Å². The minimum Gasteiger partial charge on any atom is -1.00 e. The average molecular weight is 590 g/mol. The number of benzene rings is 2. The molecule has 0 aromatic heterocycles. The van der Waals surface area contributed by atoms with Crippen LogP contribution in [0.1, 0.15) is 56.1 Å². The summed E-state index contributed by atoms with van der Waals surface area (Å²) in [6.45, 7) is 6.36. The third-order valence-corrected chi connectivity index (χ3v) is 6.29. The van der Waals surface area contributed by atoms with Crippen molar-refractivity contribution in [3.8, 4) is 11.1 Å². The van der Waals surface area contributed by atoms with E-state index in [0.29, 0.717) is 5.92 Å². The van der Waals surface area contributed by atoms with Gasteiger partial charge in [0.1, 0.15) is 0 Å². The van der Waals surface area contributed by atoms with E-state index in [2.05, 4.69) is 86.3 Å². The first-order chi connectivity index (χ1) is 12.8. The number of hydrogen-bond acceptors (Lipinski definition) is 0. The van der Waals surface area contributed by atoms with E-state index < -0.39 is 0 Å². The molecule has 0 amide bonds. The van der Waals surface area contributed by atoms with Crippen LogP contribution in [0.4, 0.5) is 0 Å². The zero-order chi connectivity index (χ0) is 18.0. The van der Waals surface area contributed by atoms with E-state index in [9.17, 15) is 0 Å². The van der Waals surface area contributed by atoms with Crippen molar-refractivity contribution in [1.82, 2.24) is 0 Å². The second-order valence-electron chi connectivity index (χ2n) is 7.67. The van der Waals surface area contributed by atoms with Crippen LogP contribution in [0.2, 0.25) is 0 Å². The van der Waals surface area contributed by atoms with E-state index in [1.165, 1.54) is 41.5 Å². The summed E-state index contributed by atoms with van der Waals surface area (Å²) in [5.41, 5.74) is 7.67. The Labute approximate surface area is 207 Å². The summed E-state index contributed by atoms with van der Waals surface area (Å²) in [5, 5.41) is 0. The van der Waals surface area contributed by atoms with Crippen LogP contribution in [0.15, 0.2) is 85.0 Å². The van der Waals surface area contributed by atoms with Crippen LogP contribution < -0.4 is 24.8 Å². The summed E-state index contributed by atoms with van der Waals surface area (Å²) in [5.74, 6) is 0.445. The van der Waals surface area contributed by atoms with Gasteiger partial charge in [0.25, 0.3) is 0 Å². The van der Waals surface area contributed by atoms with Gasteiger partial charge in [-0.1, -0.05) is 91.8 Å². The van der Waals surface area contributed by atoms with Crippen LogP contribution in [-0.4, -0.2) is 0 Å². The van der Waals surface area contributed by atoms with Gasteiger partial charge in [-0.25, -0.2) is 0 Å². The molecular formula is C26H28Cl2Hf. The molecule has 0 saturated carbocycles. The Hall–Kier alpha value is -0.890. The second kappa shape index (κ2) is 11.5. The number of fused-ring (bicyclic) bond motifs is 3.